The number of hydrogen-bond acceptors (Lipinski definition) is 4. The van der Waals surface area contributed by atoms with Crippen LogP contribution in [0.2, 0.25) is 0 Å². The molecule has 1 fully saturated rings. The molecule has 0 aromatic heterocycles. The fourth-order valence-corrected chi connectivity index (χ4v) is 3.13. The maximum absolute atomic E-state index is 14.1. The van der Waals surface area contributed by atoms with Crippen LogP contribution < -0.4 is 5.32 Å². The second-order valence-electron chi connectivity index (χ2n) is 7.52. The van der Waals surface area contributed by atoms with Gasteiger partial charge in [0.15, 0.2) is 0 Å². The van der Waals surface area contributed by atoms with Gasteiger partial charge in [0.2, 0.25) is 0 Å². The maximum Gasteiger partial charge on any atom is 0.410 e. The van der Waals surface area contributed by atoms with Crippen molar-refractivity contribution in [2.24, 2.45) is 0 Å². The van der Waals surface area contributed by atoms with E-state index in [1.54, 1.807) is 12.0 Å². The van der Waals surface area contributed by atoms with Gasteiger partial charge in [-0.1, -0.05) is 0 Å². The fraction of sp³-hybridized carbons (Fsp3) is 0.632. The highest BCUT2D eigenvalue weighted by atomic mass is 19.1. The molecule has 0 unspecified atom stereocenters. The van der Waals surface area contributed by atoms with E-state index in [1.165, 1.54) is 6.07 Å². The van der Waals surface area contributed by atoms with Gasteiger partial charge in [-0.2, -0.15) is 0 Å². The summed E-state index contributed by atoms with van der Waals surface area (Å²) in [6, 6.07) is 2.94. The molecule has 0 radical (unpaired) electrons. The molecule has 1 aromatic rings. The molecular weight excluding hydrogens is 342 g/mol. The maximum atomic E-state index is 14.1. The molecule has 5 nitrogen and oxygen atoms in total. The summed E-state index contributed by atoms with van der Waals surface area (Å²) in [5.74, 6) is -0.932. The van der Waals surface area contributed by atoms with Gasteiger partial charge < -0.3 is 19.7 Å². The molecule has 0 saturated carbocycles. The van der Waals surface area contributed by atoms with E-state index in [1.807, 2.05) is 20.8 Å². The van der Waals surface area contributed by atoms with Gasteiger partial charge >= 0.3 is 6.09 Å². The molecule has 2 rings (SSSR count). The SMILES string of the molecule is COCCN(C(=O)OC(C)(C)C)[C@@H]1CCN[C@H](c2cc(F)ccc2F)C1. The number of nitrogens with one attached hydrogen (secondary N) is 1. The van der Waals surface area contributed by atoms with E-state index in [-0.39, 0.29) is 17.6 Å². The minimum Gasteiger partial charge on any atom is -0.444 e. The molecular formula is C19H28F2N2O3. The van der Waals surface area contributed by atoms with Crippen LogP contribution in [0.4, 0.5) is 13.6 Å². The summed E-state index contributed by atoms with van der Waals surface area (Å²) < 4.78 is 38.3. The summed E-state index contributed by atoms with van der Waals surface area (Å²) in [5.41, 5.74) is -0.325. The van der Waals surface area contributed by atoms with Crippen LogP contribution in [0.3, 0.4) is 0 Å². The van der Waals surface area contributed by atoms with E-state index in [0.29, 0.717) is 32.5 Å². The molecule has 1 saturated heterocycles. The zero-order valence-electron chi connectivity index (χ0n) is 15.9. The number of rotatable bonds is 5. The highest BCUT2D eigenvalue weighted by Crippen LogP contribution is 2.29. The number of carbonyl (C=O) groups excluding carboxylic acids is 1. The lowest BCUT2D eigenvalue weighted by molar-refractivity contribution is 0.00500. The predicted octanol–water partition coefficient (Wildman–Crippen LogP) is 3.64. The van der Waals surface area contributed by atoms with Crippen molar-refractivity contribution < 1.29 is 23.0 Å². The lowest BCUT2D eigenvalue weighted by atomic mass is 9.92. The quantitative estimate of drug-likeness (QED) is 0.860. The number of carbonyl (C=O) groups is 1. The molecule has 1 aliphatic rings. The second kappa shape index (κ2) is 8.77. The average Bonchev–Trinajstić information content (AvgIpc) is 2.56. The van der Waals surface area contributed by atoms with Crippen LogP contribution in [0.1, 0.15) is 45.2 Å². The van der Waals surface area contributed by atoms with E-state index in [2.05, 4.69) is 5.32 Å². The molecule has 1 N–H and O–H groups in total. The smallest absolute Gasteiger partial charge is 0.410 e. The van der Waals surface area contributed by atoms with Gasteiger partial charge in [-0.15, -0.1) is 0 Å². The molecule has 1 amide bonds. The van der Waals surface area contributed by atoms with Gasteiger partial charge in [-0.25, -0.2) is 13.6 Å². The topological polar surface area (TPSA) is 50.8 Å². The lowest BCUT2D eigenvalue weighted by Gasteiger charge is -2.38. The van der Waals surface area contributed by atoms with Crippen LogP contribution in [-0.2, 0) is 9.47 Å². The lowest BCUT2D eigenvalue weighted by Crippen LogP contribution is -2.49. The number of halogens is 2. The Kier molecular flexibility index (Phi) is 6.94. The van der Waals surface area contributed by atoms with Crippen molar-refractivity contribution in [2.45, 2.75) is 51.3 Å². The zero-order chi connectivity index (χ0) is 19.3. The molecule has 1 heterocycles. The minimum atomic E-state index is -0.608. The Morgan fingerprint density at radius 2 is 2.08 bits per heavy atom. The van der Waals surface area contributed by atoms with Crippen LogP contribution in [-0.4, -0.2) is 49.4 Å². The fourth-order valence-electron chi connectivity index (χ4n) is 3.13. The van der Waals surface area contributed by atoms with Crippen molar-refractivity contribution in [2.75, 3.05) is 26.8 Å². The van der Waals surface area contributed by atoms with Crippen molar-refractivity contribution in [3.63, 3.8) is 0 Å². The number of hydrogen-bond donors (Lipinski definition) is 1. The van der Waals surface area contributed by atoms with Crippen LogP contribution in [0.5, 0.6) is 0 Å². The molecule has 1 aromatic carbocycles. The number of nitrogens with zero attached hydrogens (tertiary/aromatic N) is 1. The van der Waals surface area contributed by atoms with E-state index in [0.717, 1.165) is 12.1 Å². The van der Waals surface area contributed by atoms with Crippen molar-refractivity contribution in [3.8, 4) is 0 Å². The number of ether oxygens (including phenoxy) is 2. The Morgan fingerprint density at radius 1 is 1.35 bits per heavy atom. The van der Waals surface area contributed by atoms with Gasteiger partial charge in [0.05, 0.1) is 6.61 Å². The Bertz CT molecular complexity index is 619. The summed E-state index contributed by atoms with van der Waals surface area (Å²) >= 11 is 0. The summed E-state index contributed by atoms with van der Waals surface area (Å²) in [4.78, 5) is 14.3. The average molecular weight is 370 g/mol. The van der Waals surface area contributed by atoms with Crippen molar-refractivity contribution in [1.82, 2.24) is 10.2 Å². The number of methoxy groups -OCH3 is 1. The third kappa shape index (κ3) is 5.64. The molecule has 7 heteroatoms. The van der Waals surface area contributed by atoms with E-state index in [4.69, 9.17) is 9.47 Å². The van der Waals surface area contributed by atoms with Crippen molar-refractivity contribution >= 4 is 6.09 Å². The van der Waals surface area contributed by atoms with Crippen LogP contribution >= 0.6 is 0 Å². The van der Waals surface area contributed by atoms with Gasteiger partial charge in [-0.3, -0.25) is 0 Å². The summed E-state index contributed by atoms with van der Waals surface area (Å²) in [6.07, 6.45) is 0.764. The van der Waals surface area contributed by atoms with Gasteiger partial charge in [0.1, 0.15) is 17.2 Å². The molecule has 0 spiro atoms. The Hall–Kier alpha value is -1.73. The normalized spacial score (nSPS) is 20.7. The molecule has 2 atom stereocenters. The first-order valence-corrected chi connectivity index (χ1v) is 8.88. The highest BCUT2D eigenvalue weighted by molar-refractivity contribution is 5.68. The van der Waals surface area contributed by atoms with Crippen molar-refractivity contribution in [1.29, 1.82) is 0 Å². The molecule has 26 heavy (non-hydrogen) atoms. The van der Waals surface area contributed by atoms with E-state index < -0.39 is 23.3 Å². The Balaban J connectivity index is 2.17. The Morgan fingerprint density at radius 3 is 2.73 bits per heavy atom. The third-order valence-electron chi connectivity index (χ3n) is 4.31. The Labute approximate surface area is 153 Å². The van der Waals surface area contributed by atoms with E-state index >= 15 is 0 Å². The number of benzene rings is 1. The standard InChI is InChI=1S/C19H28F2N2O3/c1-19(2,3)26-18(24)23(9-10-25-4)14-7-8-22-17(12-14)15-11-13(20)5-6-16(15)21/h5-6,11,14,17,22H,7-10,12H2,1-4H3/t14-,17+/m1/s1. The largest absolute Gasteiger partial charge is 0.444 e. The third-order valence-corrected chi connectivity index (χ3v) is 4.31. The number of amides is 1. The molecule has 1 aliphatic heterocycles. The zero-order valence-corrected chi connectivity index (χ0v) is 15.9. The molecule has 0 aliphatic carbocycles. The van der Waals surface area contributed by atoms with Gasteiger partial charge in [0, 0.05) is 31.3 Å². The summed E-state index contributed by atoms with van der Waals surface area (Å²) in [7, 11) is 1.57. The van der Waals surface area contributed by atoms with Crippen LogP contribution in [0.15, 0.2) is 18.2 Å². The summed E-state index contributed by atoms with van der Waals surface area (Å²) in [6.45, 7) is 6.79. The van der Waals surface area contributed by atoms with Crippen LogP contribution in [0.25, 0.3) is 0 Å². The minimum absolute atomic E-state index is 0.145. The monoisotopic (exact) mass is 370 g/mol. The molecule has 0 bridgehead atoms. The highest BCUT2D eigenvalue weighted by Gasteiger charge is 2.33. The molecule has 146 valence electrons. The van der Waals surface area contributed by atoms with Gasteiger partial charge in [-0.05, 0) is 58.4 Å². The number of piperidine rings is 1. The van der Waals surface area contributed by atoms with Crippen molar-refractivity contribution in [3.05, 3.63) is 35.4 Å². The summed E-state index contributed by atoms with van der Waals surface area (Å²) in [5, 5.41) is 3.21. The van der Waals surface area contributed by atoms with Gasteiger partial charge in [0.25, 0.3) is 0 Å². The first kappa shape index (κ1) is 20.6. The van der Waals surface area contributed by atoms with Crippen LogP contribution in [0, 0.1) is 11.6 Å². The second-order valence-corrected chi connectivity index (χ2v) is 7.52. The van der Waals surface area contributed by atoms with E-state index in [9.17, 15) is 13.6 Å². The predicted molar refractivity (Wildman–Crippen MR) is 94.9 cm³/mol. The first-order valence-electron chi connectivity index (χ1n) is 8.88. The first-order chi connectivity index (χ1) is 12.2.